The molecular formula is C12H17ClFNO. The minimum Gasteiger partial charge on any atom is -0.388 e. The van der Waals surface area contributed by atoms with E-state index >= 15 is 0 Å². The first-order chi connectivity index (χ1) is 7.50. The van der Waals surface area contributed by atoms with E-state index in [0.29, 0.717) is 29.6 Å². The Balaban J connectivity index is 2.55. The highest BCUT2D eigenvalue weighted by Gasteiger charge is 2.12. The van der Waals surface area contributed by atoms with Crippen molar-refractivity contribution in [3.8, 4) is 0 Å². The van der Waals surface area contributed by atoms with Gasteiger partial charge in [-0.05, 0) is 25.1 Å². The molecule has 1 aromatic rings. The van der Waals surface area contributed by atoms with E-state index in [2.05, 4.69) is 5.32 Å². The zero-order chi connectivity index (χ0) is 12.1. The minimum atomic E-state index is -0.788. The molecule has 0 spiro atoms. The van der Waals surface area contributed by atoms with Crippen LogP contribution in [0.25, 0.3) is 0 Å². The summed E-state index contributed by atoms with van der Waals surface area (Å²) in [5, 5.41) is 13.3. The fourth-order valence-electron chi connectivity index (χ4n) is 1.44. The van der Waals surface area contributed by atoms with Crippen molar-refractivity contribution in [2.24, 2.45) is 0 Å². The predicted molar refractivity (Wildman–Crippen MR) is 64.1 cm³/mol. The van der Waals surface area contributed by atoms with Gasteiger partial charge < -0.3 is 10.4 Å². The Morgan fingerprint density at radius 3 is 2.69 bits per heavy atom. The van der Waals surface area contributed by atoms with Gasteiger partial charge in [-0.15, -0.1) is 0 Å². The molecule has 1 atom stereocenters. The number of aliphatic hydroxyl groups excluding tert-OH is 1. The van der Waals surface area contributed by atoms with Crippen LogP contribution in [0.1, 0.15) is 31.9 Å². The van der Waals surface area contributed by atoms with Crippen molar-refractivity contribution in [1.29, 1.82) is 0 Å². The number of aliphatic hydroxyl groups is 1. The molecule has 4 heteroatoms. The highest BCUT2D eigenvalue weighted by molar-refractivity contribution is 6.30. The van der Waals surface area contributed by atoms with E-state index in [9.17, 15) is 9.50 Å². The number of hydrogen-bond acceptors (Lipinski definition) is 2. The topological polar surface area (TPSA) is 32.3 Å². The molecule has 0 saturated carbocycles. The Morgan fingerprint density at radius 1 is 1.44 bits per heavy atom. The summed E-state index contributed by atoms with van der Waals surface area (Å²) in [7, 11) is 0. The molecule has 2 N–H and O–H groups in total. The van der Waals surface area contributed by atoms with Crippen molar-refractivity contribution < 1.29 is 9.50 Å². The van der Waals surface area contributed by atoms with Crippen LogP contribution in [0.2, 0.25) is 5.02 Å². The van der Waals surface area contributed by atoms with E-state index in [4.69, 9.17) is 11.6 Å². The van der Waals surface area contributed by atoms with Crippen LogP contribution in [0.3, 0.4) is 0 Å². The molecule has 0 aliphatic rings. The molecule has 1 rings (SSSR count). The lowest BCUT2D eigenvalue weighted by Crippen LogP contribution is -2.25. The lowest BCUT2D eigenvalue weighted by atomic mass is 10.1. The quantitative estimate of drug-likeness (QED) is 0.836. The van der Waals surface area contributed by atoms with E-state index in [1.165, 1.54) is 12.1 Å². The molecule has 0 aliphatic heterocycles. The van der Waals surface area contributed by atoms with Crippen LogP contribution in [0.15, 0.2) is 18.2 Å². The van der Waals surface area contributed by atoms with Crippen molar-refractivity contribution in [3.63, 3.8) is 0 Å². The van der Waals surface area contributed by atoms with Gasteiger partial charge in [-0.2, -0.15) is 0 Å². The molecule has 0 saturated heterocycles. The van der Waals surface area contributed by atoms with Gasteiger partial charge in [0.2, 0.25) is 0 Å². The summed E-state index contributed by atoms with van der Waals surface area (Å²) >= 11 is 5.63. The molecule has 0 amide bonds. The summed E-state index contributed by atoms with van der Waals surface area (Å²) in [5.74, 6) is -0.454. The summed E-state index contributed by atoms with van der Waals surface area (Å²) in [6.07, 6.45) is -0.306. The smallest absolute Gasteiger partial charge is 0.130 e. The van der Waals surface area contributed by atoms with Crippen LogP contribution in [-0.4, -0.2) is 17.7 Å². The van der Waals surface area contributed by atoms with Crippen LogP contribution < -0.4 is 5.32 Å². The zero-order valence-electron chi connectivity index (χ0n) is 9.50. The van der Waals surface area contributed by atoms with E-state index < -0.39 is 11.9 Å². The van der Waals surface area contributed by atoms with Gasteiger partial charge in [0.25, 0.3) is 0 Å². The second-order valence-electron chi connectivity index (χ2n) is 4.08. The molecule has 0 fully saturated rings. The fourth-order valence-corrected chi connectivity index (χ4v) is 1.59. The Morgan fingerprint density at radius 2 is 2.12 bits per heavy atom. The second kappa shape index (κ2) is 6.18. The maximum atomic E-state index is 13.4. The fraction of sp³-hybridized carbons (Fsp3) is 0.500. The average Bonchev–Trinajstić information content (AvgIpc) is 2.16. The molecule has 1 unspecified atom stereocenters. The summed E-state index contributed by atoms with van der Waals surface area (Å²) < 4.78 is 13.4. The zero-order valence-corrected chi connectivity index (χ0v) is 10.3. The van der Waals surface area contributed by atoms with Crippen LogP contribution in [0, 0.1) is 5.82 Å². The largest absolute Gasteiger partial charge is 0.388 e. The second-order valence-corrected chi connectivity index (χ2v) is 4.52. The summed E-state index contributed by atoms with van der Waals surface area (Å²) in [4.78, 5) is 0. The maximum absolute atomic E-state index is 13.4. The minimum absolute atomic E-state index is 0.301. The van der Waals surface area contributed by atoms with Gasteiger partial charge in [-0.1, -0.05) is 31.5 Å². The Labute approximate surface area is 100 Å². The molecule has 1 aromatic carbocycles. The van der Waals surface area contributed by atoms with Crippen LogP contribution in [0.5, 0.6) is 0 Å². The molecule has 0 radical (unpaired) electrons. The van der Waals surface area contributed by atoms with Crippen molar-refractivity contribution >= 4 is 11.6 Å². The standard InChI is InChI=1S/C12H17ClFNO/c1-8(2)15-6-5-12(16)10-4-3-9(13)7-11(10)14/h3-4,7-8,12,15-16H,5-6H2,1-2H3. The maximum Gasteiger partial charge on any atom is 0.130 e. The van der Waals surface area contributed by atoms with Crippen LogP contribution >= 0.6 is 11.6 Å². The Kier molecular flexibility index (Phi) is 5.19. The Hall–Kier alpha value is -0.640. The first-order valence-corrected chi connectivity index (χ1v) is 5.75. The highest BCUT2D eigenvalue weighted by atomic mass is 35.5. The number of rotatable bonds is 5. The summed E-state index contributed by atoms with van der Waals surface area (Å²) in [6.45, 7) is 4.70. The third kappa shape index (κ3) is 4.08. The van der Waals surface area contributed by atoms with E-state index in [0.717, 1.165) is 0 Å². The van der Waals surface area contributed by atoms with Gasteiger partial charge in [-0.25, -0.2) is 4.39 Å². The van der Waals surface area contributed by atoms with Crippen LogP contribution in [0.4, 0.5) is 4.39 Å². The predicted octanol–water partition coefficient (Wildman–Crippen LogP) is 2.90. The molecule has 90 valence electrons. The summed E-state index contributed by atoms with van der Waals surface area (Å²) in [5.41, 5.74) is 0.301. The van der Waals surface area contributed by atoms with Gasteiger partial charge in [0, 0.05) is 16.6 Å². The van der Waals surface area contributed by atoms with Gasteiger partial charge in [0.1, 0.15) is 5.82 Å². The number of hydrogen-bond donors (Lipinski definition) is 2. The first-order valence-electron chi connectivity index (χ1n) is 5.37. The Bertz CT molecular complexity index is 344. The van der Waals surface area contributed by atoms with E-state index in [-0.39, 0.29) is 0 Å². The summed E-state index contributed by atoms with van der Waals surface area (Å²) in [6, 6.07) is 4.69. The van der Waals surface area contributed by atoms with E-state index in [1.807, 2.05) is 13.8 Å². The van der Waals surface area contributed by atoms with E-state index in [1.54, 1.807) is 6.07 Å². The SMILES string of the molecule is CC(C)NCCC(O)c1ccc(Cl)cc1F. The third-order valence-electron chi connectivity index (χ3n) is 2.29. The van der Waals surface area contributed by atoms with Gasteiger partial charge >= 0.3 is 0 Å². The molecule has 0 heterocycles. The molecule has 0 aliphatic carbocycles. The molecule has 0 aromatic heterocycles. The van der Waals surface area contributed by atoms with Crippen molar-refractivity contribution in [2.75, 3.05) is 6.54 Å². The van der Waals surface area contributed by atoms with Gasteiger partial charge in [-0.3, -0.25) is 0 Å². The molecule has 16 heavy (non-hydrogen) atoms. The first kappa shape index (κ1) is 13.4. The monoisotopic (exact) mass is 245 g/mol. The average molecular weight is 246 g/mol. The third-order valence-corrected chi connectivity index (χ3v) is 2.53. The van der Waals surface area contributed by atoms with Gasteiger partial charge in [0.15, 0.2) is 0 Å². The van der Waals surface area contributed by atoms with Crippen molar-refractivity contribution in [2.45, 2.75) is 32.4 Å². The normalized spacial score (nSPS) is 13.1. The lowest BCUT2D eigenvalue weighted by Gasteiger charge is -2.14. The number of halogens is 2. The number of nitrogens with one attached hydrogen (secondary N) is 1. The highest BCUT2D eigenvalue weighted by Crippen LogP contribution is 2.22. The lowest BCUT2D eigenvalue weighted by molar-refractivity contribution is 0.161. The van der Waals surface area contributed by atoms with Crippen LogP contribution in [-0.2, 0) is 0 Å². The number of benzene rings is 1. The molecule has 0 bridgehead atoms. The van der Waals surface area contributed by atoms with Gasteiger partial charge in [0.05, 0.1) is 6.10 Å². The van der Waals surface area contributed by atoms with Crippen molar-refractivity contribution in [3.05, 3.63) is 34.6 Å². The molecular weight excluding hydrogens is 229 g/mol. The molecule has 2 nitrogen and oxygen atoms in total. The van der Waals surface area contributed by atoms with Crippen molar-refractivity contribution in [1.82, 2.24) is 5.32 Å².